The van der Waals surface area contributed by atoms with Crippen LogP contribution in [-0.2, 0) is 11.2 Å². The van der Waals surface area contributed by atoms with E-state index in [2.05, 4.69) is 22.0 Å². The summed E-state index contributed by atoms with van der Waals surface area (Å²) in [5.74, 6) is 0.614. The predicted molar refractivity (Wildman–Crippen MR) is 63.9 cm³/mol. The molecule has 1 aromatic heterocycles. The first kappa shape index (κ1) is 12.3. The van der Waals surface area contributed by atoms with Crippen molar-refractivity contribution in [1.82, 2.24) is 10.2 Å². The van der Waals surface area contributed by atoms with Gasteiger partial charge < -0.3 is 19.8 Å². The molecule has 96 valence electrons. The molecule has 0 aliphatic carbocycles. The SMILES string of the molecule is COC1CCN(c2nnc(CCN)o2)C(C)C1. The Labute approximate surface area is 101 Å². The molecule has 1 aromatic rings. The maximum absolute atomic E-state index is 5.59. The quantitative estimate of drug-likeness (QED) is 0.829. The number of piperidine rings is 1. The molecule has 1 aliphatic heterocycles. The van der Waals surface area contributed by atoms with E-state index in [1.165, 1.54) is 0 Å². The standard InChI is InChI=1S/C11H20N4O2/c1-8-7-9(16-2)4-6-15(8)11-14-13-10(17-11)3-5-12/h8-9H,3-7,12H2,1-2H3. The highest BCUT2D eigenvalue weighted by molar-refractivity contribution is 5.27. The van der Waals surface area contributed by atoms with Crippen LogP contribution in [-0.4, -0.2) is 42.5 Å². The molecule has 0 aromatic carbocycles. The fourth-order valence-corrected chi connectivity index (χ4v) is 2.21. The van der Waals surface area contributed by atoms with Crippen LogP contribution in [0.4, 0.5) is 6.01 Å². The molecule has 2 atom stereocenters. The molecular formula is C11H20N4O2. The Bertz CT molecular complexity index is 355. The molecule has 2 N–H and O–H groups in total. The van der Waals surface area contributed by atoms with Gasteiger partial charge in [0, 0.05) is 32.7 Å². The van der Waals surface area contributed by atoms with E-state index in [9.17, 15) is 0 Å². The molecule has 0 saturated carbocycles. The Morgan fingerprint density at radius 2 is 2.35 bits per heavy atom. The lowest BCUT2D eigenvalue weighted by atomic mass is 10.0. The average molecular weight is 240 g/mol. The van der Waals surface area contributed by atoms with E-state index in [1.807, 2.05) is 0 Å². The fourth-order valence-electron chi connectivity index (χ4n) is 2.21. The maximum Gasteiger partial charge on any atom is 0.318 e. The maximum atomic E-state index is 5.59. The minimum Gasteiger partial charge on any atom is -0.408 e. The van der Waals surface area contributed by atoms with E-state index in [4.69, 9.17) is 14.9 Å². The molecule has 2 unspecified atom stereocenters. The van der Waals surface area contributed by atoms with Crippen LogP contribution in [0.1, 0.15) is 25.7 Å². The lowest BCUT2D eigenvalue weighted by Crippen LogP contribution is -2.43. The van der Waals surface area contributed by atoms with E-state index < -0.39 is 0 Å². The van der Waals surface area contributed by atoms with Gasteiger partial charge in [-0.15, -0.1) is 5.10 Å². The summed E-state index contributed by atoms with van der Waals surface area (Å²) in [4.78, 5) is 2.14. The minimum atomic E-state index is 0.340. The first-order valence-corrected chi connectivity index (χ1v) is 6.06. The number of ether oxygens (including phenoxy) is 1. The van der Waals surface area contributed by atoms with Crippen molar-refractivity contribution in [2.24, 2.45) is 5.73 Å². The second kappa shape index (κ2) is 5.46. The molecule has 0 amide bonds. The van der Waals surface area contributed by atoms with Crippen molar-refractivity contribution in [3.63, 3.8) is 0 Å². The fraction of sp³-hybridized carbons (Fsp3) is 0.818. The Balaban J connectivity index is 2.01. The molecule has 0 spiro atoms. The van der Waals surface area contributed by atoms with Crippen LogP contribution in [0.2, 0.25) is 0 Å². The van der Waals surface area contributed by atoms with Gasteiger partial charge in [0.25, 0.3) is 0 Å². The van der Waals surface area contributed by atoms with Crippen LogP contribution in [0.5, 0.6) is 0 Å². The number of methoxy groups -OCH3 is 1. The topological polar surface area (TPSA) is 77.4 Å². The molecule has 6 heteroatoms. The van der Waals surface area contributed by atoms with Crippen molar-refractivity contribution < 1.29 is 9.15 Å². The summed E-state index contributed by atoms with van der Waals surface area (Å²) in [5, 5.41) is 8.06. The van der Waals surface area contributed by atoms with E-state index in [0.717, 1.165) is 19.4 Å². The number of hydrogen-bond acceptors (Lipinski definition) is 6. The Morgan fingerprint density at radius 3 is 3.00 bits per heavy atom. The zero-order chi connectivity index (χ0) is 12.3. The first-order chi connectivity index (χ1) is 8.24. The summed E-state index contributed by atoms with van der Waals surface area (Å²) in [5.41, 5.74) is 5.45. The van der Waals surface area contributed by atoms with E-state index in [1.54, 1.807) is 7.11 Å². The average Bonchev–Trinajstić information content (AvgIpc) is 2.78. The molecule has 1 aliphatic rings. The smallest absolute Gasteiger partial charge is 0.318 e. The van der Waals surface area contributed by atoms with Crippen LogP contribution in [0.25, 0.3) is 0 Å². The second-order valence-electron chi connectivity index (χ2n) is 4.44. The second-order valence-corrected chi connectivity index (χ2v) is 4.44. The normalized spacial score (nSPS) is 25.2. The van der Waals surface area contributed by atoms with Crippen molar-refractivity contribution in [2.75, 3.05) is 25.1 Å². The first-order valence-electron chi connectivity index (χ1n) is 6.06. The molecule has 1 fully saturated rings. The lowest BCUT2D eigenvalue weighted by molar-refractivity contribution is 0.0709. The number of anilines is 1. The van der Waals surface area contributed by atoms with Crippen molar-refractivity contribution in [3.05, 3.63) is 5.89 Å². The summed E-state index contributed by atoms with van der Waals surface area (Å²) in [6.07, 6.45) is 2.96. The summed E-state index contributed by atoms with van der Waals surface area (Å²) in [6.45, 7) is 3.57. The summed E-state index contributed by atoms with van der Waals surface area (Å²) in [7, 11) is 1.76. The van der Waals surface area contributed by atoms with Gasteiger partial charge in [-0.2, -0.15) is 0 Å². The summed E-state index contributed by atoms with van der Waals surface area (Å²) >= 11 is 0. The van der Waals surface area contributed by atoms with Gasteiger partial charge in [-0.1, -0.05) is 5.10 Å². The molecule has 0 bridgehead atoms. The lowest BCUT2D eigenvalue weighted by Gasteiger charge is -2.35. The van der Waals surface area contributed by atoms with Gasteiger partial charge >= 0.3 is 6.01 Å². The van der Waals surface area contributed by atoms with Gasteiger partial charge in [-0.05, 0) is 19.8 Å². The van der Waals surface area contributed by atoms with Crippen molar-refractivity contribution in [3.8, 4) is 0 Å². The highest BCUT2D eigenvalue weighted by Crippen LogP contribution is 2.24. The van der Waals surface area contributed by atoms with Crippen LogP contribution in [0.15, 0.2) is 4.42 Å². The zero-order valence-corrected chi connectivity index (χ0v) is 10.4. The molecule has 2 heterocycles. The van der Waals surface area contributed by atoms with Crippen molar-refractivity contribution >= 4 is 6.01 Å². The molecular weight excluding hydrogens is 220 g/mol. The van der Waals surface area contributed by atoms with E-state index in [0.29, 0.717) is 37.0 Å². The van der Waals surface area contributed by atoms with Crippen molar-refractivity contribution in [1.29, 1.82) is 0 Å². The third-order valence-electron chi connectivity index (χ3n) is 3.22. The van der Waals surface area contributed by atoms with E-state index in [-0.39, 0.29) is 0 Å². The van der Waals surface area contributed by atoms with Crippen LogP contribution < -0.4 is 10.6 Å². The van der Waals surface area contributed by atoms with Crippen LogP contribution in [0, 0.1) is 0 Å². The van der Waals surface area contributed by atoms with Gasteiger partial charge in [0.2, 0.25) is 5.89 Å². The number of aromatic nitrogens is 2. The highest BCUT2D eigenvalue weighted by Gasteiger charge is 2.28. The third-order valence-corrected chi connectivity index (χ3v) is 3.22. The van der Waals surface area contributed by atoms with Gasteiger partial charge in [0.15, 0.2) is 0 Å². The highest BCUT2D eigenvalue weighted by atomic mass is 16.5. The zero-order valence-electron chi connectivity index (χ0n) is 10.4. The molecule has 1 saturated heterocycles. The summed E-state index contributed by atoms with van der Waals surface area (Å²) in [6, 6.07) is 0.968. The monoisotopic (exact) mass is 240 g/mol. The Kier molecular flexibility index (Phi) is 3.96. The molecule has 6 nitrogen and oxygen atoms in total. The number of rotatable bonds is 4. The number of hydrogen-bond donors (Lipinski definition) is 1. The van der Waals surface area contributed by atoms with Crippen LogP contribution >= 0.6 is 0 Å². The minimum absolute atomic E-state index is 0.340. The summed E-state index contributed by atoms with van der Waals surface area (Å²) < 4.78 is 11.0. The van der Waals surface area contributed by atoms with E-state index >= 15 is 0 Å². The molecule has 2 rings (SSSR count). The number of nitrogens with zero attached hydrogens (tertiary/aromatic N) is 3. The van der Waals surface area contributed by atoms with Gasteiger partial charge in [-0.3, -0.25) is 0 Å². The Hall–Kier alpha value is -1.14. The number of nitrogens with two attached hydrogens (primary N) is 1. The Morgan fingerprint density at radius 1 is 1.53 bits per heavy atom. The molecule has 0 radical (unpaired) electrons. The van der Waals surface area contributed by atoms with Crippen molar-refractivity contribution in [2.45, 2.75) is 38.3 Å². The van der Waals surface area contributed by atoms with Crippen LogP contribution in [0.3, 0.4) is 0 Å². The third kappa shape index (κ3) is 2.76. The van der Waals surface area contributed by atoms with Gasteiger partial charge in [0.1, 0.15) is 0 Å². The van der Waals surface area contributed by atoms with Gasteiger partial charge in [-0.25, -0.2) is 0 Å². The predicted octanol–water partition coefficient (Wildman–Crippen LogP) is 0.574. The molecule has 17 heavy (non-hydrogen) atoms. The van der Waals surface area contributed by atoms with Gasteiger partial charge in [0.05, 0.1) is 6.10 Å². The largest absolute Gasteiger partial charge is 0.408 e.